The second kappa shape index (κ2) is 5.51. The molecule has 1 aliphatic rings. The lowest BCUT2D eigenvalue weighted by Crippen LogP contribution is -2.37. The lowest BCUT2D eigenvalue weighted by Gasteiger charge is -2.20. The predicted octanol–water partition coefficient (Wildman–Crippen LogP) is 3.74. The van der Waals surface area contributed by atoms with Gasteiger partial charge in [0.1, 0.15) is 5.50 Å². The van der Waals surface area contributed by atoms with Gasteiger partial charge in [-0.1, -0.05) is 53.5 Å². The topological polar surface area (TPSA) is 37.4 Å². The smallest absolute Gasteiger partial charge is 0.262 e. The average molecular weight is 320 g/mol. The highest BCUT2D eigenvalue weighted by atomic mass is 35.5. The molecule has 0 aromatic heterocycles. The normalized spacial score (nSPS) is 15.2. The molecule has 2 amide bonds. The van der Waals surface area contributed by atoms with Crippen LogP contribution in [-0.2, 0) is 6.42 Å². The van der Waals surface area contributed by atoms with Gasteiger partial charge in [-0.3, -0.25) is 14.5 Å². The van der Waals surface area contributed by atoms with Gasteiger partial charge < -0.3 is 0 Å². The van der Waals surface area contributed by atoms with Crippen LogP contribution in [0.3, 0.4) is 0 Å². The third-order valence-corrected chi connectivity index (χ3v) is 4.17. The standard InChI is InChI=1S/C16H11Cl2NO2/c17-13-8-4-1-5-10(13)9-14(18)19-15(20)11-6-2-3-7-12(11)16(19)21/h1-8,14H,9H2. The second-order valence-corrected chi connectivity index (χ2v) is 5.67. The van der Waals surface area contributed by atoms with Crippen LogP contribution < -0.4 is 0 Å². The van der Waals surface area contributed by atoms with E-state index in [4.69, 9.17) is 23.2 Å². The fraction of sp³-hybridized carbons (Fsp3) is 0.125. The molecule has 0 saturated carbocycles. The quantitative estimate of drug-likeness (QED) is 0.491. The molecule has 0 aliphatic carbocycles. The lowest BCUT2D eigenvalue weighted by molar-refractivity contribution is 0.0634. The molecule has 2 aromatic rings. The first-order chi connectivity index (χ1) is 10.1. The highest BCUT2D eigenvalue weighted by Gasteiger charge is 2.39. The fourth-order valence-electron chi connectivity index (χ4n) is 2.40. The largest absolute Gasteiger partial charge is 0.269 e. The summed E-state index contributed by atoms with van der Waals surface area (Å²) in [5, 5.41) is 0.569. The second-order valence-electron chi connectivity index (χ2n) is 4.76. The zero-order valence-corrected chi connectivity index (χ0v) is 12.4. The van der Waals surface area contributed by atoms with E-state index in [0.717, 1.165) is 10.5 Å². The van der Waals surface area contributed by atoms with Crippen LogP contribution in [0.1, 0.15) is 26.3 Å². The molecule has 106 valence electrons. The summed E-state index contributed by atoms with van der Waals surface area (Å²) in [6, 6.07) is 14.0. The third-order valence-electron chi connectivity index (χ3n) is 3.45. The van der Waals surface area contributed by atoms with Crippen molar-refractivity contribution >= 4 is 35.0 Å². The first kappa shape index (κ1) is 14.1. The zero-order valence-electron chi connectivity index (χ0n) is 10.9. The number of amides is 2. The van der Waals surface area contributed by atoms with Gasteiger partial charge >= 0.3 is 0 Å². The van der Waals surface area contributed by atoms with Gasteiger partial charge in [-0.15, -0.1) is 0 Å². The van der Waals surface area contributed by atoms with Gasteiger partial charge in [-0.2, -0.15) is 0 Å². The van der Waals surface area contributed by atoms with E-state index in [1.807, 2.05) is 18.2 Å². The van der Waals surface area contributed by atoms with Crippen molar-refractivity contribution in [2.45, 2.75) is 11.9 Å². The number of hydrogen-bond acceptors (Lipinski definition) is 2. The van der Waals surface area contributed by atoms with Crippen LogP contribution in [0.4, 0.5) is 0 Å². The molecule has 1 heterocycles. The highest BCUT2D eigenvalue weighted by Crippen LogP contribution is 2.28. The summed E-state index contributed by atoms with van der Waals surface area (Å²) in [4.78, 5) is 25.7. The Morgan fingerprint density at radius 2 is 1.43 bits per heavy atom. The van der Waals surface area contributed by atoms with Crippen LogP contribution in [0.5, 0.6) is 0 Å². The van der Waals surface area contributed by atoms with Gasteiger partial charge in [-0.05, 0) is 23.8 Å². The Hall–Kier alpha value is -1.84. The molecule has 1 aliphatic heterocycles. The molecule has 5 heteroatoms. The van der Waals surface area contributed by atoms with Crippen LogP contribution in [0, 0.1) is 0 Å². The first-order valence-electron chi connectivity index (χ1n) is 6.44. The van der Waals surface area contributed by atoms with Gasteiger partial charge in [0.15, 0.2) is 0 Å². The van der Waals surface area contributed by atoms with Gasteiger partial charge in [0.2, 0.25) is 0 Å². The Labute approximate surface area is 132 Å². The van der Waals surface area contributed by atoms with Crippen LogP contribution in [0.15, 0.2) is 48.5 Å². The van der Waals surface area contributed by atoms with Gasteiger partial charge in [-0.25, -0.2) is 0 Å². The summed E-state index contributed by atoms with van der Waals surface area (Å²) in [6.07, 6.45) is 0.312. The molecule has 0 bridgehead atoms. The molecule has 0 spiro atoms. The minimum absolute atomic E-state index is 0.312. The van der Waals surface area contributed by atoms with Crippen molar-refractivity contribution < 1.29 is 9.59 Å². The summed E-state index contributed by atoms with van der Waals surface area (Å²) in [5.41, 5.74) is 0.827. The minimum Gasteiger partial charge on any atom is -0.269 e. The summed E-state index contributed by atoms with van der Waals surface area (Å²) in [6.45, 7) is 0. The molecule has 1 atom stereocenters. The third kappa shape index (κ3) is 2.43. The number of alkyl halides is 1. The van der Waals surface area contributed by atoms with E-state index in [1.165, 1.54) is 0 Å². The maximum absolute atomic E-state index is 12.3. The maximum Gasteiger partial charge on any atom is 0.262 e. The van der Waals surface area contributed by atoms with Crippen LogP contribution in [-0.4, -0.2) is 22.2 Å². The molecule has 0 saturated heterocycles. The van der Waals surface area contributed by atoms with E-state index in [0.29, 0.717) is 22.6 Å². The van der Waals surface area contributed by atoms with Crippen molar-refractivity contribution in [1.29, 1.82) is 0 Å². The minimum atomic E-state index is -0.766. The van der Waals surface area contributed by atoms with Gasteiger partial charge in [0.05, 0.1) is 11.1 Å². The number of nitrogens with zero attached hydrogens (tertiary/aromatic N) is 1. The van der Waals surface area contributed by atoms with Crippen molar-refractivity contribution in [2.24, 2.45) is 0 Å². The van der Waals surface area contributed by atoms with E-state index < -0.39 is 5.50 Å². The number of fused-ring (bicyclic) bond motifs is 1. The Balaban J connectivity index is 1.87. The van der Waals surface area contributed by atoms with Crippen molar-refractivity contribution in [3.8, 4) is 0 Å². The summed E-state index contributed by atoms with van der Waals surface area (Å²) >= 11 is 12.4. The molecule has 21 heavy (non-hydrogen) atoms. The molecule has 0 N–H and O–H groups in total. The zero-order chi connectivity index (χ0) is 15.0. The number of hydrogen-bond donors (Lipinski definition) is 0. The summed E-state index contributed by atoms with van der Waals surface area (Å²) in [7, 11) is 0. The molecule has 0 fully saturated rings. The average Bonchev–Trinajstić information content (AvgIpc) is 2.74. The van der Waals surface area contributed by atoms with Crippen LogP contribution in [0.25, 0.3) is 0 Å². The van der Waals surface area contributed by atoms with E-state index >= 15 is 0 Å². The fourth-order valence-corrected chi connectivity index (χ4v) is 2.96. The highest BCUT2D eigenvalue weighted by molar-refractivity contribution is 6.32. The number of halogens is 2. The van der Waals surface area contributed by atoms with Crippen molar-refractivity contribution in [3.05, 3.63) is 70.2 Å². The van der Waals surface area contributed by atoms with Gasteiger partial charge in [0, 0.05) is 11.4 Å². The monoisotopic (exact) mass is 319 g/mol. The predicted molar refractivity (Wildman–Crippen MR) is 81.7 cm³/mol. The van der Waals surface area contributed by atoms with Crippen LogP contribution >= 0.6 is 23.2 Å². The Morgan fingerprint density at radius 1 is 0.905 bits per heavy atom. The van der Waals surface area contributed by atoms with Crippen molar-refractivity contribution in [1.82, 2.24) is 4.90 Å². The van der Waals surface area contributed by atoms with E-state index in [-0.39, 0.29) is 11.8 Å². The molecule has 3 nitrogen and oxygen atoms in total. The van der Waals surface area contributed by atoms with Crippen LogP contribution in [0.2, 0.25) is 5.02 Å². The SMILES string of the molecule is O=C1c2ccccc2C(=O)N1C(Cl)Cc1ccccc1Cl. The molecular weight excluding hydrogens is 309 g/mol. The summed E-state index contributed by atoms with van der Waals surface area (Å²) < 4.78 is 0. The van der Waals surface area contributed by atoms with Gasteiger partial charge in [0.25, 0.3) is 11.8 Å². The van der Waals surface area contributed by atoms with Crippen molar-refractivity contribution in [3.63, 3.8) is 0 Å². The van der Waals surface area contributed by atoms with Crippen molar-refractivity contribution in [2.75, 3.05) is 0 Å². The molecule has 2 aromatic carbocycles. The first-order valence-corrected chi connectivity index (χ1v) is 7.25. The Kier molecular flexibility index (Phi) is 3.70. The summed E-state index contributed by atoms with van der Waals surface area (Å²) in [5.74, 6) is -0.717. The number of carbonyl (C=O) groups is 2. The lowest BCUT2D eigenvalue weighted by atomic mass is 10.1. The van der Waals surface area contributed by atoms with E-state index in [2.05, 4.69) is 0 Å². The Morgan fingerprint density at radius 3 is 2.00 bits per heavy atom. The van der Waals surface area contributed by atoms with E-state index in [9.17, 15) is 9.59 Å². The molecule has 0 radical (unpaired) electrons. The number of rotatable bonds is 3. The number of imide groups is 1. The molecule has 1 unspecified atom stereocenters. The number of benzene rings is 2. The number of carbonyl (C=O) groups excluding carboxylic acids is 2. The Bertz CT molecular complexity index is 695. The van der Waals surface area contributed by atoms with E-state index in [1.54, 1.807) is 30.3 Å². The molecule has 3 rings (SSSR count). The molecular formula is C16H11Cl2NO2. The maximum atomic E-state index is 12.3.